The van der Waals surface area contributed by atoms with Gasteiger partial charge in [0, 0.05) is 15.7 Å². The minimum atomic E-state index is -0.589. The van der Waals surface area contributed by atoms with E-state index < -0.39 is 11.7 Å². The molecule has 0 fully saturated rings. The lowest BCUT2D eigenvalue weighted by Gasteiger charge is -2.19. The maximum Gasteiger partial charge on any atom is 0.413 e. The third kappa shape index (κ3) is 5.92. The molecule has 1 aromatic carbocycles. The first-order valence-corrected chi connectivity index (χ1v) is 7.54. The number of carbonyl (C=O) groups is 1. The second-order valence-electron chi connectivity index (χ2n) is 5.71. The van der Waals surface area contributed by atoms with Crippen LogP contribution in [0.25, 0.3) is 0 Å². The van der Waals surface area contributed by atoms with Gasteiger partial charge in [0.2, 0.25) is 0 Å². The predicted molar refractivity (Wildman–Crippen MR) is 91.6 cm³/mol. The lowest BCUT2D eigenvalue weighted by Crippen LogP contribution is -2.27. The van der Waals surface area contributed by atoms with Crippen molar-refractivity contribution in [1.29, 1.82) is 0 Å². The monoisotopic (exact) mass is 354 g/mol. The van der Waals surface area contributed by atoms with Crippen LogP contribution in [0.1, 0.15) is 20.8 Å². The summed E-state index contributed by atoms with van der Waals surface area (Å²) in [6.45, 7) is 5.34. The quantitative estimate of drug-likeness (QED) is 0.821. The summed E-state index contributed by atoms with van der Waals surface area (Å²) in [5, 5.41) is 14.4. The molecule has 1 amide bonds. The van der Waals surface area contributed by atoms with E-state index in [0.29, 0.717) is 21.6 Å². The van der Waals surface area contributed by atoms with Crippen LogP contribution in [0.5, 0.6) is 0 Å². The van der Waals surface area contributed by atoms with E-state index in [9.17, 15) is 4.79 Å². The number of halogens is 2. The number of hydrogen-bond donors (Lipinski definition) is 2. The lowest BCUT2D eigenvalue weighted by atomic mass is 10.2. The number of nitrogens with one attached hydrogen (secondary N) is 2. The number of benzene rings is 1. The van der Waals surface area contributed by atoms with Crippen LogP contribution in [0.2, 0.25) is 10.0 Å². The van der Waals surface area contributed by atoms with Gasteiger partial charge in [0.05, 0.1) is 0 Å². The average molecular weight is 355 g/mol. The van der Waals surface area contributed by atoms with Gasteiger partial charge in [-0.15, -0.1) is 10.2 Å². The maximum atomic E-state index is 11.6. The zero-order chi connectivity index (χ0) is 17.0. The van der Waals surface area contributed by atoms with Gasteiger partial charge in [-0.1, -0.05) is 23.2 Å². The van der Waals surface area contributed by atoms with E-state index in [1.165, 1.54) is 0 Å². The molecule has 6 nitrogen and oxygen atoms in total. The fourth-order valence-corrected chi connectivity index (χ4v) is 2.17. The van der Waals surface area contributed by atoms with Crippen molar-refractivity contribution in [2.75, 3.05) is 10.6 Å². The summed E-state index contributed by atoms with van der Waals surface area (Å²) >= 11 is 11.9. The lowest BCUT2D eigenvalue weighted by molar-refractivity contribution is 0.0635. The summed E-state index contributed by atoms with van der Waals surface area (Å²) < 4.78 is 5.13. The van der Waals surface area contributed by atoms with Crippen molar-refractivity contribution in [3.63, 3.8) is 0 Å². The van der Waals surface area contributed by atoms with Gasteiger partial charge in [0.15, 0.2) is 11.6 Å². The smallest absolute Gasteiger partial charge is 0.413 e. The molecular weight excluding hydrogens is 339 g/mol. The molecule has 0 unspecified atom stereocenters. The minimum Gasteiger partial charge on any atom is -0.444 e. The maximum absolute atomic E-state index is 11.6. The van der Waals surface area contributed by atoms with Crippen LogP contribution >= 0.6 is 23.2 Å². The first-order valence-electron chi connectivity index (χ1n) is 6.78. The van der Waals surface area contributed by atoms with Crippen LogP contribution in [-0.4, -0.2) is 21.9 Å². The standard InChI is InChI=1S/C15H16Cl2N4O2/c1-15(2,3)23-14(22)19-13-5-4-12(20-21-13)18-11-7-9(16)6-10(17)8-11/h4-8H,1-3H3,(H,18,20)(H,19,21,22). The molecule has 0 spiro atoms. The Bertz CT molecular complexity index is 679. The van der Waals surface area contributed by atoms with Crippen molar-refractivity contribution in [2.24, 2.45) is 0 Å². The molecule has 0 atom stereocenters. The molecule has 2 N–H and O–H groups in total. The second kappa shape index (κ2) is 7.02. The van der Waals surface area contributed by atoms with Gasteiger partial charge in [0.1, 0.15) is 5.60 Å². The Morgan fingerprint density at radius 1 is 1.04 bits per heavy atom. The van der Waals surface area contributed by atoms with Crippen molar-refractivity contribution >= 4 is 46.6 Å². The number of nitrogens with zero attached hydrogens (tertiary/aromatic N) is 2. The van der Waals surface area contributed by atoms with E-state index in [1.807, 2.05) is 0 Å². The SMILES string of the molecule is CC(C)(C)OC(=O)Nc1ccc(Nc2cc(Cl)cc(Cl)c2)nn1. The van der Waals surface area contributed by atoms with Crippen molar-refractivity contribution in [3.05, 3.63) is 40.4 Å². The first-order chi connectivity index (χ1) is 10.7. The molecule has 122 valence electrons. The van der Waals surface area contributed by atoms with Gasteiger partial charge in [0.25, 0.3) is 0 Å². The zero-order valence-electron chi connectivity index (χ0n) is 12.9. The summed E-state index contributed by atoms with van der Waals surface area (Å²) in [4.78, 5) is 11.6. The molecule has 0 radical (unpaired) electrons. The molecule has 0 bridgehead atoms. The highest BCUT2D eigenvalue weighted by atomic mass is 35.5. The molecular formula is C15H16Cl2N4O2. The number of anilines is 3. The van der Waals surface area contributed by atoms with Crippen LogP contribution in [0.3, 0.4) is 0 Å². The highest BCUT2D eigenvalue weighted by Crippen LogP contribution is 2.24. The normalized spacial score (nSPS) is 11.0. The van der Waals surface area contributed by atoms with E-state index in [1.54, 1.807) is 51.1 Å². The van der Waals surface area contributed by atoms with Crippen molar-refractivity contribution in [3.8, 4) is 0 Å². The van der Waals surface area contributed by atoms with Crippen molar-refractivity contribution in [1.82, 2.24) is 10.2 Å². The molecule has 0 aliphatic rings. The van der Waals surface area contributed by atoms with Gasteiger partial charge in [-0.3, -0.25) is 5.32 Å². The molecule has 0 aliphatic carbocycles. The van der Waals surface area contributed by atoms with Crippen LogP contribution < -0.4 is 10.6 Å². The third-order valence-corrected chi connectivity index (χ3v) is 2.86. The highest BCUT2D eigenvalue weighted by Gasteiger charge is 2.16. The van der Waals surface area contributed by atoms with E-state index in [2.05, 4.69) is 20.8 Å². The van der Waals surface area contributed by atoms with Crippen LogP contribution in [0.15, 0.2) is 30.3 Å². The molecule has 2 aromatic rings. The Labute approximate surface area is 144 Å². The van der Waals surface area contributed by atoms with Gasteiger partial charge < -0.3 is 10.1 Å². The number of aromatic nitrogens is 2. The topological polar surface area (TPSA) is 76.1 Å². The van der Waals surface area contributed by atoms with E-state index in [0.717, 1.165) is 0 Å². The molecule has 0 aliphatic heterocycles. The van der Waals surface area contributed by atoms with E-state index >= 15 is 0 Å². The third-order valence-electron chi connectivity index (χ3n) is 2.43. The number of amides is 1. The highest BCUT2D eigenvalue weighted by molar-refractivity contribution is 6.35. The fraction of sp³-hybridized carbons (Fsp3) is 0.267. The summed E-state index contributed by atoms with van der Waals surface area (Å²) in [6.07, 6.45) is -0.589. The van der Waals surface area contributed by atoms with Crippen LogP contribution in [0.4, 0.5) is 22.1 Å². The summed E-state index contributed by atoms with van der Waals surface area (Å²) in [6, 6.07) is 8.32. The van der Waals surface area contributed by atoms with Gasteiger partial charge in [-0.25, -0.2) is 4.79 Å². The largest absolute Gasteiger partial charge is 0.444 e. The number of hydrogen-bond acceptors (Lipinski definition) is 5. The molecule has 1 aromatic heterocycles. The molecule has 23 heavy (non-hydrogen) atoms. The average Bonchev–Trinajstić information content (AvgIpc) is 2.37. The Balaban J connectivity index is 2.00. The Hall–Kier alpha value is -2.05. The van der Waals surface area contributed by atoms with Gasteiger partial charge in [-0.05, 0) is 51.1 Å². The predicted octanol–water partition coefficient (Wildman–Crippen LogP) is 4.87. The molecule has 0 saturated carbocycles. The Morgan fingerprint density at radius 3 is 2.13 bits per heavy atom. The zero-order valence-corrected chi connectivity index (χ0v) is 14.4. The number of ether oxygens (including phenoxy) is 1. The van der Waals surface area contributed by atoms with Crippen molar-refractivity contribution in [2.45, 2.75) is 26.4 Å². The number of carbonyl (C=O) groups excluding carboxylic acids is 1. The van der Waals surface area contributed by atoms with Crippen molar-refractivity contribution < 1.29 is 9.53 Å². The molecule has 1 heterocycles. The summed E-state index contributed by atoms with van der Waals surface area (Å²) in [7, 11) is 0. The first kappa shape index (κ1) is 17.3. The fourth-order valence-electron chi connectivity index (χ4n) is 1.65. The summed E-state index contributed by atoms with van der Waals surface area (Å²) in [5.41, 5.74) is 0.106. The molecule has 0 saturated heterocycles. The Morgan fingerprint density at radius 2 is 1.61 bits per heavy atom. The second-order valence-corrected chi connectivity index (χ2v) is 6.59. The summed E-state index contributed by atoms with van der Waals surface area (Å²) in [5.74, 6) is 0.770. The van der Waals surface area contributed by atoms with Gasteiger partial charge >= 0.3 is 6.09 Å². The minimum absolute atomic E-state index is 0.286. The number of rotatable bonds is 3. The van der Waals surface area contributed by atoms with E-state index in [-0.39, 0.29) is 5.82 Å². The molecule has 2 rings (SSSR count). The Kier molecular flexibility index (Phi) is 5.28. The molecule has 8 heteroatoms. The van der Waals surface area contributed by atoms with E-state index in [4.69, 9.17) is 27.9 Å². The van der Waals surface area contributed by atoms with Crippen LogP contribution in [-0.2, 0) is 4.74 Å². The van der Waals surface area contributed by atoms with Gasteiger partial charge in [-0.2, -0.15) is 0 Å². The van der Waals surface area contributed by atoms with Crippen LogP contribution in [0, 0.1) is 0 Å².